The maximum Gasteiger partial charge on any atom is 0.422 e. The highest BCUT2D eigenvalue weighted by Crippen LogP contribution is 2.30. The van der Waals surface area contributed by atoms with Crippen molar-refractivity contribution < 1.29 is 27.8 Å². The molecule has 2 rings (SSSR count). The highest BCUT2D eigenvalue weighted by molar-refractivity contribution is 5.79. The zero-order valence-corrected chi connectivity index (χ0v) is 18.0. The van der Waals surface area contributed by atoms with Crippen molar-refractivity contribution in [1.29, 1.82) is 0 Å². The average Bonchev–Trinajstić information content (AvgIpc) is 3.15. The lowest BCUT2D eigenvalue weighted by Crippen LogP contribution is -2.44. The van der Waals surface area contributed by atoms with Gasteiger partial charge >= 0.3 is 6.18 Å². The van der Waals surface area contributed by atoms with Crippen molar-refractivity contribution in [2.24, 2.45) is 12.0 Å². The fourth-order valence-electron chi connectivity index (χ4n) is 2.66. The Morgan fingerprint density at radius 1 is 1.26 bits per heavy atom. The number of ether oxygens (including phenoxy) is 2. The minimum Gasteiger partial charge on any atom is -0.493 e. The Hall–Kier alpha value is -2.95. The number of benzene rings is 1. The second kappa shape index (κ2) is 10.4. The van der Waals surface area contributed by atoms with Gasteiger partial charge in [-0.15, -0.1) is 0 Å². The maximum atomic E-state index is 12.4. The molecule has 0 aliphatic carbocycles. The van der Waals surface area contributed by atoms with Crippen LogP contribution in [0, 0.1) is 0 Å². The minimum atomic E-state index is -4.43. The van der Waals surface area contributed by atoms with Crippen molar-refractivity contribution in [3.63, 3.8) is 0 Å². The predicted molar refractivity (Wildman–Crippen MR) is 110 cm³/mol. The third-order valence-corrected chi connectivity index (χ3v) is 4.31. The lowest BCUT2D eigenvalue weighted by Gasteiger charge is -2.23. The van der Waals surface area contributed by atoms with Crippen LogP contribution in [0.4, 0.5) is 13.2 Å². The number of nitrogens with one attached hydrogen (secondary N) is 2. The maximum absolute atomic E-state index is 12.4. The Balaban J connectivity index is 2.05. The first-order valence-electron chi connectivity index (χ1n) is 9.64. The summed E-state index contributed by atoms with van der Waals surface area (Å²) in [5.41, 5.74) is 0.218. The van der Waals surface area contributed by atoms with Gasteiger partial charge in [0.2, 0.25) is 0 Å². The molecule has 11 heteroatoms. The molecular formula is C20H28F3N5O3. The van der Waals surface area contributed by atoms with Gasteiger partial charge in [-0.05, 0) is 31.5 Å². The van der Waals surface area contributed by atoms with E-state index in [0.717, 1.165) is 0 Å². The fourth-order valence-corrected chi connectivity index (χ4v) is 2.66. The topological polar surface area (TPSA) is 92.9 Å². The van der Waals surface area contributed by atoms with Gasteiger partial charge in [0, 0.05) is 25.4 Å². The second-order valence-corrected chi connectivity index (χ2v) is 7.11. The predicted octanol–water partition coefficient (Wildman–Crippen LogP) is 2.33. The van der Waals surface area contributed by atoms with Crippen molar-refractivity contribution in [3.8, 4) is 11.5 Å². The van der Waals surface area contributed by atoms with E-state index in [1.165, 1.54) is 13.2 Å². The number of aromatic nitrogens is 2. The SMILES string of the molecule is CCNC(=NCc1ccc(OCC(F)(F)F)c(OC)c1)NCC(C)(O)c1cnn(C)c1. The molecule has 1 aromatic carbocycles. The Bertz CT molecular complexity index is 881. The van der Waals surface area contributed by atoms with Crippen molar-refractivity contribution >= 4 is 5.96 Å². The highest BCUT2D eigenvalue weighted by Gasteiger charge is 2.29. The summed E-state index contributed by atoms with van der Waals surface area (Å²) in [6.07, 6.45) is -1.10. The van der Waals surface area contributed by atoms with Crippen LogP contribution in [-0.2, 0) is 19.2 Å². The van der Waals surface area contributed by atoms with Crippen LogP contribution >= 0.6 is 0 Å². The molecule has 0 amide bonds. The van der Waals surface area contributed by atoms with Gasteiger partial charge in [0.15, 0.2) is 24.1 Å². The summed E-state index contributed by atoms with van der Waals surface area (Å²) in [6.45, 7) is 3.22. The number of rotatable bonds is 9. The Morgan fingerprint density at radius 3 is 2.58 bits per heavy atom. The van der Waals surface area contributed by atoms with Gasteiger partial charge in [0.1, 0.15) is 5.60 Å². The first-order chi connectivity index (χ1) is 14.5. The molecule has 1 unspecified atom stereocenters. The molecule has 0 aliphatic rings. The number of guanidine groups is 1. The highest BCUT2D eigenvalue weighted by atomic mass is 19.4. The van der Waals surface area contributed by atoms with Crippen LogP contribution in [-0.4, -0.2) is 53.8 Å². The van der Waals surface area contributed by atoms with E-state index < -0.39 is 18.4 Å². The molecule has 0 saturated carbocycles. The summed E-state index contributed by atoms with van der Waals surface area (Å²) in [5.74, 6) is 0.669. The summed E-state index contributed by atoms with van der Waals surface area (Å²) < 4.78 is 48.7. The minimum absolute atomic E-state index is 0.00473. The van der Waals surface area contributed by atoms with Crippen LogP contribution in [0.2, 0.25) is 0 Å². The van der Waals surface area contributed by atoms with Crippen LogP contribution in [0.3, 0.4) is 0 Å². The molecular weight excluding hydrogens is 415 g/mol. The molecule has 1 atom stereocenters. The number of methoxy groups -OCH3 is 1. The molecule has 2 aromatic rings. The number of aliphatic hydroxyl groups is 1. The van der Waals surface area contributed by atoms with Crippen LogP contribution < -0.4 is 20.1 Å². The third-order valence-electron chi connectivity index (χ3n) is 4.31. The van der Waals surface area contributed by atoms with Crippen molar-refractivity contribution in [2.45, 2.75) is 32.2 Å². The van der Waals surface area contributed by atoms with E-state index in [4.69, 9.17) is 9.47 Å². The van der Waals surface area contributed by atoms with Crippen molar-refractivity contribution in [3.05, 3.63) is 41.7 Å². The molecule has 0 saturated heterocycles. The van der Waals surface area contributed by atoms with E-state index in [1.807, 2.05) is 6.92 Å². The lowest BCUT2D eigenvalue weighted by molar-refractivity contribution is -0.153. The van der Waals surface area contributed by atoms with E-state index >= 15 is 0 Å². The van der Waals surface area contributed by atoms with Crippen LogP contribution in [0.25, 0.3) is 0 Å². The van der Waals surface area contributed by atoms with E-state index in [2.05, 4.69) is 20.7 Å². The first-order valence-corrected chi connectivity index (χ1v) is 9.64. The number of hydrogen-bond donors (Lipinski definition) is 3. The average molecular weight is 443 g/mol. The molecule has 172 valence electrons. The molecule has 1 aromatic heterocycles. The summed E-state index contributed by atoms with van der Waals surface area (Å²) in [7, 11) is 3.13. The number of aliphatic imine (C=N–C) groups is 1. The molecule has 8 nitrogen and oxygen atoms in total. The smallest absolute Gasteiger partial charge is 0.422 e. The Morgan fingerprint density at radius 2 is 2.00 bits per heavy atom. The van der Waals surface area contributed by atoms with E-state index in [1.54, 1.807) is 43.2 Å². The number of hydrogen-bond acceptors (Lipinski definition) is 5. The third kappa shape index (κ3) is 7.67. The molecule has 0 fully saturated rings. The van der Waals surface area contributed by atoms with Gasteiger partial charge in [0.05, 0.1) is 26.4 Å². The van der Waals surface area contributed by atoms with Gasteiger partial charge < -0.3 is 25.2 Å². The summed E-state index contributed by atoms with van der Waals surface area (Å²) in [6, 6.07) is 4.61. The number of alkyl halides is 3. The van der Waals surface area contributed by atoms with Gasteiger partial charge in [-0.3, -0.25) is 4.68 Å². The van der Waals surface area contributed by atoms with Crippen molar-refractivity contribution in [1.82, 2.24) is 20.4 Å². The van der Waals surface area contributed by atoms with Gasteiger partial charge in [-0.2, -0.15) is 18.3 Å². The number of halogens is 3. The molecule has 0 bridgehead atoms. The summed E-state index contributed by atoms with van der Waals surface area (Å²) in [4.78, 5) is 4.46. The second-order valence-electron chi connectivity index (χ2n) is 7.11. The van der Waals surface area contributed by atoms with E-state index in [9.17, 15) is 18.3 Å². The molecule has 1 heterocycles. The number of aryl methyl sites for hydroxylation is 1. The first kappa shape index (κ1) is 24.3. The quantitative estimate of drug-likeness (QED) is 0.407. The van der Waals surface area contributed by atoms with Gasteiger partial charge in [-0.25, -0.2) is 4.99 Å². The Labute approximate surface area is 179 Å². The zero-order chi connectivity index (χ0) is 23.1. The zero-order valence-electron chi connectivity index (χ0n) is 18.0. The molecule has 0 aliphatic heterocycles. The number of nitrogens with zero attached hydrogens (tertiary/aromatic N) is 3. The van der Waals surface area contributed by atoms with E-state index in [0.29, 0.717) is 23.6 Å². The van der Waals surface area contributed by atoms with Crippen LogP contribution in [0.1, 0.15) is 25.0 Å². The van der Waals surface area contributed by atoms with Gasteiger partial charge in [0.25, 0.3) is 0 Å². The molecule has 3 N–H and O–H groups in total. The standard InChI is InChI=1S/C20H28F3N5O3/c1-5-24-18(26-12-19(2,29)15-10-27-28(3)11-15)25-9-14-6-7-16(17(8-14)30-4)31-13-20(21,22)23/h6-8,10-11,29H,5,9,12-13H2,1-4H3,(H2,24,25,26). The fraction of sp³-hybridized carbons (Fsp3) is 0.500. The monoisotopic (exact) mass is 443 g/mol. The molecule has 0 spiro atoms. The van der Waals surface area contributed by atoms with E-state index in [-0.39, 0.29) is 24.6 Å². The molecule has 0 radical (unpaired) electrons. The van der Waals surface area contributed by atoms with Crippen molar-refractivity contribution in [2.75, 3.05) is 26.8 Å². The van der Waals surface area contributed by atoms with Crippen LogP contribution in [0.5, 0.6) is 11.5 Å². The lowest BCUT2D eigenvalue weighted by atomic mass is 10.00. The normalized spacial score (nSPS) is 14.1. The summed E-state index contributed by atoms with van der Waals surface area (Å²) >= 11 is 0. The van der Waals surface area contributed by atoms with Crippen LogP contribution in [0.15, 0.2) is 35.6 Å². The molecule has 31 heavy (non-hydrogen) atoms. The largest absolute Gasteiger partial charge is 0.493 e. The summed E-state index contributed by atoms with van der Waals surface area (Å²) in [5, 5.41) is 20.9. The Kier molecular flexibility index (Phi) is 8.14. The van der Waals surface area contributed by atoms with Gasteiger partial charge in [-0.1, -0.05) is 6.07 Å².